The zero-order valence-corrected chi connectivity index (χ0v) is 17.2. The number of aromatic nitrogens is 3. The average molecular weight is 386 g/mol. The summed E-state index contributed by atoms with van der Waals surface area (Å²) in [5, 5.41) is 8.26. The van der Waals surface area contributed by atoms with Crippen molar-refractivity contribution in [2.75, 3.05) is 19.6 Å². The van der Waals surface area contributed by atoms with Gasteiger partial charge in [0.2, 0.25) is 0 Å². The molecule has 2 aliphatic rings. The maximum atomic E-state index is 4.58. The van der Waals surface area contributed by atoms with Gasteiger partial charge in [-0.2, -0.15) is 5.10 Å². The first kappa shape index (κ1) is 18.1. The number of hydrogen-bond donors (Lipinski definition) is 1. The molecule has 0 atom stereocenters. The van der Waals surface area contributed by atoms with Crippen LogP contribution in [0.4, 0.5) is 0 Å². The van der Waals surface area contributed by atoms with Crippen molar-refractivity contribution in [2.45, 2.75) is 32.2 Å². The number of nitrogens with zero attached hydrogens (tertiary/aromatic N) is 4. The molecule has 5 rings (SSSR count). The van der Waals surface area contributed by atoms with Gasteiger partial charge in [0, 0.05) is 60.1 Å². The monoisotopic (exact) mass is 385 g/mol. The minimum absolute atomic E-state index is 0.325. The highest BCUT2D eigenvalue weighted by molar-refractivity contribution is 5.84. The lowest BCUT2D eigenvalue weighted by atomic mass is 9.97. The topological polar surface area (TPSA) is 45.5 Å². The molecule has 0 unspecified atom stereocenters. The van der Waals surface area contributed by atoms with E-state index < -0.39 is 0 Å². The van der Waals surface area contributed by atoms with Crippen molar-refractivity contribution in [2.24, 2.45) is 0 Å². The van der Waals surface area contributed by atoms with Crippen LogP contribution in [-0.2, 0) is 0 Å². The summed E-state index contributed by atoms with van der Waals surface area (Å²) in [6.45, 7) is 11.6. The Kier molecular flexibility index (Phi) is 4.28. The summed E-state index contributed by atoms with van der Waals surface area (Å²) in [7, 11) is 0. The first-order valence-corrected chi connectivity index (χ1v) is 10.4. The molecule has 1 N–H and O–H groups in total. The van der Waals surface area contributed by atoms with Crippen molar-refractivity contribution in [3.63, 3.8) is 0 Å². The van der Waals surface area contributed by atoms with E-state index >= 15 is 0 Å². The van der Waals surface area contributed by atoms with E-state index in [0.717, 1.165) is 47.7 Å². The van der Waals surface area contributed by atoms with Crippen molar-refractivity contribution in [3.8, 4) is 0 Å². The molecule has 148 valence electrons. The number of pyridine rings is 2. The molecule has 1 aliphatic heterocycles. The van der Waals surface area contributed by atoms with Gasteiger partial charge in [0.1, 0.15) is 0 Å². The van der Waals surface area contributed by atoms with E-state index in [-0.39, 0.29) is 0 Å². The molecule has 3 aromatic rings. The highest BCUT2D eigenvalue weighted by Crippen LogP contribution is 2.39. The van der Waals surface area contributed by atoms with E-state index in [2.05, 4.69) is 65.0 Å². The third-order valence-corrected chi connectivity index (χ3v) is 6.34. The van der Waals surface area contributed by atoms with Crippen molar-refractivity contribution in [3.05, 3.63) is 77.9 Å². The van der Waals surface area contributed by atoms with Crippen molar-refractivity contribution in [1.29, 1.82) is 0 Å². The third kappa shape index (κ3) is 3.15. The number of aryl methyl sites for hydroxylation is 1. The predicted octanol–water partition coefficient (Wildman–Crippen LogP) is 3.90. The Bertz CT molecular complexity index is 1120. The summed E-state index contributed by atoms with van der Waals surface area (Å²) < 4.78 is 1.95. The number of allylic oxidation sites excluding steroid dienone is 1. The molecule has 5 nitrogen and oxygen atoms in total. The van der Waals surface area contributed by atoms with Crippen LogP contribution in [0.15, 0.2) is 55.5 Å². The molecule has 29 heavy (non-hydrogen) atoms. The van der Waals surface area contributed by atoms with Crippen LogP contribution in [-0.4, -0.2) is 44.7 Å². The van der Waals surface area contributed by atoms with Gasteiger partial charge in [-0.15, -0.1) is 0 Å². The zero-order valence-electron chi connectivity index (χ0n) is 17.2. The fourth-order valence-corrected chi connectivity index (χ4v) is 4.46. The lowest BCUT2D eigenvalue weighted by Crippen LogP contribution is -2.51. The molecule has 1 spiro atoms. The minimum atomic E-state index is 0.325. The van der Waals surface area contributed by atoms with E-state index in [1.165, 1.54) is 24.0 Å². The Morgan fingerprint density at radius 3 is 2.90 bits per heavy atom. The fourth-order valence-electron chi connectivity index (χ4n) is 4.46. The maximum Gasteiger partial charge on any atom is 0.0760 e. The second-order valence-corrected chi connectivity index (χ2v) is 8.22. The van der Waals surface area contributed by atoms with Crippen molar-refractivity contribution in [1.82, 2.24) is 24.8 Å². The maximum absolute atomic E-state index is 4.58. The van der Waals surface area contributed by atoms with Gasteiger partial charge in [-0.25, -0.2) is 4.52 Å². The summed E-state index contributed by atoms with van der Waals surface area (Å²) >= 11 is 0. The van der Waals surface area contributed by atoms with Crippen molar-refractivity contribution < 1.29 is 0 Å². The number of nitrogens with one attached hydrogen (secondary N) is 1. The fraction of sp³-hybridized carbons (Fsp3) is 0.333. The van der Waals surface area contributed by atoms with Gasteiger partial charge in [-0.05, 0) is 56.0 Å². The lowest BCUT2D eigenvalue weighted by molar-refractivity contribution is 0.265. The first-order chi connectivity index (χ1) is 14.1. The van der Waals surface area contributed by atoms with E-state index in [9.17, 15) is 0 Å². The molecule has 4 heterocycles. The highest BCUT2D eigenvalue weighted by atomic mass is 15.3. The second kappa shape index (κ2) is 6.85. The van der Waals surface area contributed by atoms with E-state index in [1.807, 2.05) is 29.2 Å². The molecule has 1 saturated heterocycles. The normalized spacial score (nSPS) is 18.4. The Labute approximate surface area is 171 Å². The molecule has 3 aromatic heterocycles. The largest absolute Gasteiger partial charge is 0.368 e. The SMILES string of the molecule is C=C(c1cnn2ccc(/C(=C/C)c3cccnc3C)cc12)N1CCNC2(CC2)C1. The van der Waals surface area contributed by atoms with Gasteiger partial charge < -0.3 is 10.2 Å². The minimum Gasteiger partial charge on any atom is -0.368 e. The van der Waals surface area contributed by atoms with Crippen LogP contribution in [0.25, 0.3) is 16.8 Å². The first-order valence-electron chi connectivity index (χ1n) is 10.4. The molecular weight excluding hydrogens is 358 g/mol. The summed E-state index contributed by atoms with van der Waals surface area (Å²) in [6.07, 6.45) is 10.5. The standard InChI is InChI=1S/C24H27N5/c1-4-20(21-6-5-10-25-17(21)2)19-7-12-29-23(14-19)22(15-27-29)18(3)28-13-11-26-24(16-28)8-9-24/h4-7,10,12,14-15,26H,3,8-9,11,13,16H2,1-2H3/b20-4-. The quantitative estimate of drug-likeness (QED) is 0.740. The van der Waals surface area contributed by atoms with E-state index in [4.69, 9.17) is 0 Å². The van der Waals surface area contributed by atoms with Crippen molar-refractivity contribution >= 4 is 16.8 Å². The smallest absolute Gasteiger partial charge is 0.0760 e. The summed E-state index contributed by atoms with van der Waals surface area (Å²) in [5.41, 5.74) is 8.17. The Hall–Kier alpha value is -2.92. The van der Waals surface area contributed by atoms with Crippen LogP contribution in [0.1, 0.15) is 42.1 Å². The molecule has 1 saturated carbocycles. The second-order valence-electron chi connectivity index (χ2n) is 8.22. The van der Waals surface area contributed by atoms with Crippen LogP contribution in [0.2, 0.25) is 0 Å². The van der Waals surface area contributed by atoms with Gasteiger partial charge >= 0.3 is 0 Å². The summed E-state index contributed by atoms with van der Waals surface area (Å²) in [5.74, 6) is 0. The number of fused-ring (bicyclic) bond motifs is 1. The third-order valence-electron chi connectivity index (χ3n) is 6.34. The van der Waals surface area contributed by atoms with Gasteiger partial charge in [0.25, 0.3) is 0 Å². The molecule has 0 amide bonds. The number of rotatable bonds is 4. The van der Waals surface area contributed by atoms with Crippen LogP contribution in [0.3, 0.4) is 0 Å². The average Bonchev–Trinajstić information content (AvgIpc) is 3.34. The number of hydrogen-bond acceptors (Lipinski definition) is 4. The van der Waals surface area contributed by atoms with Gasteiger partial charge in [0.05, 0.1) is 11.7 Å². The van der Waals surface area contributed by atoms with Crippen LogP contribution in [0.5, 0.6) is 0 Å². The van der Waals surface area contributed by atoms with Crippen LogP contribution < -0.4 is 5.32 Å². The molecule has 2 fully saturated rings. The van der Waals surface area contributed by atoms with Gasteiger partial charge in [0.15, 0.2) is 0 Å². The molecule has 0 bridgehead atoms. The molecular formula is C24H27N5. The van der Waals surface area contributed by atoms with E-state index in [1.54, 1.807) is 0 Å². The number of piperazine rings is 1. The Balaban J connectivity index is 1.52. The lowest BCUT2D eigenvalue weighted by Gasteiger charge is -2.36. The Morgan fingerprint density at radius 1 is 1.28 bits per heavy atom. The van der Waals surface area contributed by atoms with Gasteiger partial charge in [-0.1, -0.05) is 18.7 Å². The summed E-state index contributed by atoms with van der Waals surface area (Å²) in [4.78, 5) is 6.89. The summed E-state index contributed by atoms with van der Waals surface area (Å²) in [6, 6.07) is 8.48. The predicted molar refractivity (Wildman–Crippen MR) is 117 cm³/mol. The highest BCUT2D eigenvalue weighted by Gasteiger charge is 2.45. The molecule has 1 aliphatic carbocycles. The molecule has 0 radical (unpaired) electrons. The van der Waals surface area contributed by atoms with Crippen LogP contribution >= 0.6 is 0 Å². The zero-order chi connectivity index (χ0) is 20.0. The van der Waals surface area contributed by atoms with E-state index in [0.29, 0.717) is 5.54 Å². The Morgan fingerprint density at radius 2 is 2.14 bits per heavy atom. The molecule has 0 aromatic carbocycles. The van der Waals surface area contributed by atoms with Gasteiger partial charge in [-0.3, -0.25) is 4.98 Å². The molecule has 5 heteroatoms. The van der Waals surface area contributed by atoms with Crippen LogP contribution in [0, 0.1) is 6.92 Å².